The van der Waals surface area contributed by atoms with E-state index < -0.39 is 5.60 Å². The second-order valence-corrected chi connectivity index (χ2v) is 8.56. The molecule has 0 saturated heterocycles. The molecule has 8 heteroatoms. The number of aromatic nitrogens is 2. The molecule has 7 nitrogen and oxygen atoms in total. The number of carbonyl (C=O) groups excluding carboxylic acids is 1. The zero-order chi connectivity index (χ0) is 22.0. The summed E-state index contributed by atoms with van der Waals surface area (Å²) in [7, 11) is 0. The minimum absolute atomic E-state index is 0.157. The first-order chi connectivity index (χ1) is 14.8. The van der Waals surface area contributed by atoms with Gasteiger partial charge in [0.15, 0.2) is 12.4 Å². The van der Waals surface area contributed by atoms with Crippen molar-refractivity contribution in [3.63, 3.8) is 0 Å². The van der Waals surface area contributed by atoms with E-state index in [-0.39, 0.29) is 25.0 Å². The van der Waals surface area contributed by atoms with Crippen LogP contribution in [0.2, 0.25) is 5.02 Å². The highest BCUT2D eigenvalue weighted by Gasteiger charge is 2.40. The summed E-state index contributed by atoms with van der Waals surface area (Å²) < 4.78 is 11.0. The number of hydrogen-bond donors (Lipinski definition) is 2. The van der Waals surface area contributed by atoms with Crippen molar-refractivity contribution in [1.82, 2.24) is 15.5 Å². The van der Waals surface area contributed by atoms with Gasteiger partial charge in [0.1, 0.15) is 0 Å². The number of hydrogen-bond acceptors (Lipinski definition) is 6. The smallest absolute Gasteiger partial charge is 0.252 e. The van der Waals surface area contributed by atoms with Gasteiger partial charge < -0.3 is 19.7 Å². The number of amides is 1. The second-order valence-electron chi connectivity index (χ2n) is 8.12. The molecule has 2 N–H and O–H groups in total. The molecule has 162 valence electrons. The minimum Gasteiger partial charge on any atom is -0.469 e. The quantitative estimate of drug-likeness (QED) is 0.544. The van der Waals surface area contributed by atoms with Gasteiger partial charge in [0.2, 0.25) is 5.88 Å². The Morgan fingerprint density at radius 1 is 1.32 bits per heavy atom. The van der Waals surface area contributed by atoms with E-state index in [1.165, 1.54) is 6.20 Å². The van der Waals surface area contributed by atoms with E-state index in [9.17, 15) is 9.90 Å². The van der Waals surface area contributed by atoms with E-state index in [0.29, 0.717) is 27.8 Å². The maximum absolute atomic E-state index is 12.7. The Balaban J connectivity index is 1.56. The van der Waals surface area contributed by atoms with E-state index >= 15 is 0 Å². The topological polar surface area (TPSA) is 97.5 Å². The Bertz CT molecular complexity index is 1070. The average Bonchev–Trinajstić information content (AvgIpc) is 3.54. The molecule has 1 saturated carbocycles. The lowest BCUT2D eigenvalue weighted by Gasteiger charge is -2.23. The fraction of sp³-hybridized carbons (Fsp3) is 0.348. The van der Waals surface area contributed by atoms with Gasteiger partial charge in [-0.25, -0.2) is 4.98 Å². The normalized spacial score (nSPS) is 15.4. The number of halogens is 1. The lowest BCUT2D eigenvalue weighted by Crippen LogP contribution is -2.42. The first-order valence-electron chi connectivity index (χ1n) is 10.1. The van der Waals surface area contributed by atoms with E-state index in [1.807, 2.05) is 19.1 Å². The summed E-state index contributed by atoms with van der Waals surface area (Å²) in [6.07, 6.45) is 3.44. The van der Waals surface area contributed by atoms with Crippen LogP contribution in [0.5, 0.6) is 5.88 Å². The molecule has 1 fully saturated rings. The van der Waals surface area contributed by atoms with E-state index in [1.54, 1.807) is 31.2 Å². The van der Waals surface area contributed by atoms with Gasteiger partial charge in [-0.3, -0.25) is 4.79 Å². The second kappa shape index (κ2) is 8.69. The third-order valence-electron chi connectivity index (χ3n) is 5.36. The summed E-state index contributed by atoms with van der Waals surface area (Å²) in [5.41, 5.74) is 1.69. The van der Waals surface area contributed by atoms with Crippen molar-refractivity contribution >= 4 is 17.5 Å². The zero-order valence-corrected chi connectivity index (χ0v) is 18.1. The van der Waals surface area contributed by atoms with Crippen LogP contribution in [-0.2, 0) is 6.61 Å². The molecule has 1 atom stereocenters. The van der Waals surface area contributed by atoms with Crippen LogP contribution in [0.15, 0.2) is 47.1 Å². The van der Waals surface area contributed by atoms with Crippen molar-refractivity contribution in [2.24, 2.45) is 5.92 Å². The van der Waals surface area contributed by atoms with Gasteiger partial charge in [0.05, 0.1) is 16.9 Å². The molecule has 1 aromatic carbocycles. The fourth-order valence-electron chi connectivity index (χ4n) is 3.36. The SMILES string of the molecule is Cc1cc(COc2ncc(C(=O)NC[C@@](C)(O)C3CC3)cc2-c2ccc(Cl)cc2)on1. The van der Waals surface area contributed by atoms with Crippen molar-refractivity contribution in [3.8, 4) is 17.0 Å². The molecular weight excluding hydrogens is 418 g/mol. The van der Waals surface area contributed by atoms with Crippen LogP contribution in [0.25, 0.3) is 11.1 Å². The zero-order valence-electron chi connectivity index (χ0n) is 17.4. The molecule has 2 heterocycles. The predicted octanol–water partition coefficient (Wildman–Crippen LogP) is 4.17. The Labute approximate surface area is 185 Å². The molecule has 0 bridgehead atoms. The number of carbonyl (C=O) groups is 1. The third-order valence-corrected chi connectivity index (χ3v) is 5.61. The summed E-state index contributed by atoms with van der Waals surface area (Å²) in [5, 5.41) is 17.7. The highest BCUT2D eigenvalue weighted by Crippen LogP contribution is 2.39. The molecule has 0 spiro atoms. The average molecular weight is 442 g/mol. The maximum atomic E-state index is 12.7. The van der Waals surface area contributed by atoms with Crippen molar-refractivity contribution in [2.45, 2.75) is 38.9 Å². The molecule has 0 radical (unpaired) electrons. The van der Waals surface area contributed by atoms with Crippen LogP contribution < -0.4 is 10.1 Å². The molecule has 0 unspecified atom stereocenters. The van der Waals surface area contributed by atoms with Crippen molar-refractivity contribution in [3.05, 3.63) is 64.6 Å². The van der Waals surface area contributed by atoms with Crippen molar-refractivity contribution in [2.75, 3.05) is 6.54 Å². The molecule has 31 heavy (non-hydrogen) atoms. The van der Waals surface area contributed by atoms with Gasteiger partial charge in [0, 0.05) is 29.4 Å². The predicted molar refractivity (Wildman–Crippen MR) is 116 cm³/mol. The van der Waals surface area contributed by atoms with Gasteiger partial charge in [-0.05, 0) is 56.4 Å². The van der Waals surface area contributed by atoms with E-state index in [2.05, 4.69) is 15.5 Å². The first kappa shape index (κ1) is 21.3. The molecule has 4 rings (SSSR count). The molecular formula is C23H24ClN3O4. The number of aryl methyl sites for hydroxylation is 1. The van der Waals surface area contributed by atoms with Crippen molar-refractivity contribution in [1.29, 1.82) is 0 Å². The van der Waals surface area contributed by atoms with E-state index in [0.717, 1.165) is 24.1 Å². The van der Waals surface area contributed by atoms with Crippen LogP contribution in [0, 0.1) is 12.8 Å². The van der Waals surface area contributed by atoms with Crippen molar-refractivity contribution < 1.29 is 19.2 Å². The molecule has 0 aliphatic heterocycles. The van der Waals surface area contributed by atoms with Gasteiger partial charge >= 0.3 is 0 Å². The highest BCUT2D eigenvalue weighted by molar-refractivity contribution is 6.30. The number of nitrogens with one attached hydrogen (secondary N) is 1. The van der Waals surface area contributed by atoms with Gasteiger partial charge in [-0.2, -0.15) is 0 Å². The van der Waals surface area contributed by atoms with Crippen LogP contribution in [0.3, 0.4) is 0 Å². The Morgan fingerprint density at radius 2 is 2.06 bits per heavy atom. The summed E-state index contributed by atoms with van der Waals surface area (Å²) in [6.45, 7) is 3.93. The summed E-state index contributed by atoms with van der Waals surface area (Å²) in [6, 6.07) is 10.7. The molecule has 2 aromatic heterocycles. The molecule has 1 aliphatic carbocycles. The lowest BCUT2D eigenvalue weighted by molar-refractivity contribution is 0.0354. The van der Waals surface area contributed by atoms with Crippen LogP contribution in [0.4, 0.5) is 0 Å². The third kappa shape index (κ3) is 5.24. The number of aliphatic hydroxyl groups is 1. The Hall–Kier alpha value is -2.90. The molecule has 1 aliphatic rings. The highest BCUT2D eigenvalue weighted by atomic mass is 35.5. The number of benzene rings is 1. The number of ether oxygens (including phenoxy) is 1. The lowest BCUT2D eigenvalue weighted by atomic mass is 10.0. The molecule has 3 aromatic rings. The standard InChI is InChI=1S/C23H24ClN3O4/c1-14-9-19(31-27-14)12-30-22-20(15-3-7-18(24)8-4-15)10-16(11-25-22)21(28)26-13-23(2,29)17-5-6-17/h3-4,7-11,17,29H,5-6,12-13H2,1-2H3,(H,26,28)/t23-/m1/s1. The molecule has 1 amide bonds. The Morgan fingerprint density at radius 3 is 2.71 bits per heavy atom. The van der Waals surface area contributed by atoms with E-state index in [4.69, 9.17) is 20.9 Å². The van der Waals surface area contributed by atoms with Gasteiger partial charge in [-0.15, -0.1) is 0 Å². The number of nitrogens with zero attached hydrogens (tertiary/aromatic N) is 2. The van der Waals surface area contributed by atoms with Crippen LogP contribution in [-0.4, -0.2) is 33.3 Å². The summed E-state index contributed by atoms with van der Waals surface area (Å²) >= 11 is 6.02. The summed E-state index contributed by atoms with van der Waals surface area (Å²) in [5.74, 6) is 0.871. The minimum atomic E-state index is -0.902. The fourth-order valence-corrected chi connectivity index (χ4v) is 3.49. The largest absolute Gasteiger partial charge is 0.469 e. The van der Waals surface area contributed by atoms with Gasteiger partial charge in [0.25, 0.3) is 5.91 Å². The van der Waals surface area contributed by atoms with Crippen LogP contribution in [0.1, 0.15) is 41.6 Å². The maximum Gasteiger partial charge on any atom is 0.252 e. The Kier molecular flexibility index (Phi) is 5.98. The monoisotopic (exact) mass is 441 g/mol. The van der Waals surface area contributed by atoms with Crippen LogP contribution >= 0.6 is 11.6 Å². The summed E-state index contributed by atoms with van der Waals surface area (Å²) in [4.78, 5) is 17.1. The number of rotatable bonds is 8. The van der Waals surface area contributed by atoms with Gasteiger partial charge in [-0.1, -0.05) is 28.9 Å². The first-order valence-corrected chi connectivity index (χ1v) is 10.5. The number of pyridine rings is 1.